The summed E-state index contributed by atoms with van der Waals surface area (Å²) in [6.07, 6.45) is 1.11. The summed E-state index contributed by atoms with van der Waals surface area (Å²) in [5.74, 6) is 1.54. The summed E-state index contributed by atoms with van der Waals surface area (Å²) in [7, 11) is 0. The zero-order valence-electron chi connectivity index (χ0n) is 11.3. The lowest BCUT2D eigenvalue weighted by atomic mass is 10.2. The van der Waals surface area contributed by atoms with E-state index in [-0.39, 0.29) is 0 Å². The second-order valence-corrected chi connectivity index (χ2v) is 6.11. The number of ether oxygens (including phenoxy) is 1. The standard InChI is InChI=1S/C16H17ClINO/c1-2-10-19-11-12-4-3-5-15(17)16(12)20-14-8-6-13(18)7-9-14/h3-9,19H,2,10-11H2,1H3. The minimum atomic E-state index is 0.638. The molecule has 0 fully saturated rings. The molecule has 4 heteroatoms. The van der Waals surface area contributed by atoms with Crippen LogP contribution in [-0.2, 0) is 6.54 Å². The summed E-state index contributed by atoms with van der Waals surface area (Å²) in [5, 5.41) is 4.01. The van der Waals surface area contributed by atoms with E-state index in [1.54, 1.807) is 0 Å². The highest BCUT2D eigenvalue weighted by molar-refractivity contribution is 14.1. The van der Waals surface area contributed by atoms with Crippen molar-refractivity contribution in [2.75, 3.05) is 6.54 Å². The second kappa shape index (κ2) is 7.86. The van der Waals surface area contributed by atoms with Gasteiger partial charge in [0.15, 0.2) is 0 Å². The zero-order chi connectivity index (χ0) is 14.4. The number of benzene rings is 2. The molecule has 0 amide bonds. The molecule has 0 unspecified atom stereocenters. The van der Waals surface area contributed by atoms with Gasteiger partial charge in [-0.2, -0.15) is 0 Å². The number of nitrogens with one attached hydrogen (secondary N) is 1. The van der Waals surface area contributed by atoms with Crippen molar-refractivity contribution in [3.05, 3.63) is 56.6 Å². The molecule has 0 saturated carbocycles. The highest BCUT2D eigenvalue weighted by Gasteiger charge is 2.09. The molecule has 20 heavy (non-hydrogen) atoms. The van der Waals surface area contributed by atoms with Crippen LogP contribution >= 0.6 is 34.2 Å². The van der Waals surface area contributed by atoms with Crippen LogP contribution in [0.3, 0.4) is 0 Å². The van der Waals surface area contributed by atoms with Crippen LogP contribution in [0.25, 0.3) is 0 Å². The van der Waals surface area contributed by atoms with E-state index in [2.05, 4.69) is 34.8 Å². The molecule has 0 aliphatic carbocycles. The molecule has 0 spiro atoms. The molecule has 2 nitrogen and oxygen atoms in total. The minimum Gasteiger partial charge on any atom is -0.455 e. The molecule has 0 aliphatic rings. The SMILES string of the molecule is CCCNCc1cccc(Cl)c1Oc1ccc(I)cc1. The Morgan fingerprint density at radius 3 is 2.60 bits per heavy atom. The number of hydrogen-bond donors (Lipinski definition) is 1. The normalized spacial score (nSPS) is 10.6. The number of rotatable bonds is 6. The van der Waals surface area contributed by atoms with Crippen molar-refractivity contribution >= 4 is 34.2 Å². The monoisotopic (exact) mass is 401 g/mol. The second-order valence-electron chi connectivity index (χ2n) is 4.46. The van der Waals surface area contributed by atoms with Gasteiger partial charge in [0.1, 0.15) is 11.5 Å². The fourth-order valence-electron chi connectivity index (χ4n) is 1.83. The first kappa shape index (κ1) is 15.6. The van der Waals surface area contributed by atoms with Crippen LogP contribution in [0.15, 0.2) is 42.5 Å². The molecule has 0 saturated heterocycles. The van der Waals surface area contributed by atoms with Gasteiger partial charge in [-0.05, 0) is 65.9 Å². The first-order valence-electron chi connectivity index (χ1n) is 6.62. The van der Waals surface area contributed by atoms with E-state index >= 15 is 0 Å². The maximum Gasteiger partial charge on any atom is 0.150 e. The lowest BCUT2D eigenvalue weighted by Gasteiger charge is -2.13. The average molecular weight is 402 g/mol. The van der Waals surface area contributed by atoms with Crippen molar-refractivity contribution in [3.8, 4) is 11.5 Å². The molecule has 0 atom stereocenters. The molecule has 2 aromatic carbocycles. The average Bonchev–Trinajstić information content (AvgIpc) is 2.45. The largest absolute Gasteiger partial charge is 0.455 e. The van der Waals surface area contributed by atoms with Crippen molar-refractivity contribution in [2.24, 2.45) is 0 Å². The third kappa shape index (κ3) is 4.36. The van der Waals surface area contributed by atoms with Gasteiger partial charge in [-0.3, -0.25) is 0 Å². The molecule has 0 heterocycles. The summed E-state index contributed by atoms with van der Waals surface area (Å²) in [6.45, 7) is 3.89. The molecule has 0 aliphatic heterocycles. The first-order chi connectivity index (χ1) is 9.70. The third-order valence-corrected chi connectivity index (χ3v) is 3.84. The van der Waals surface area contributed by atoms with Crippen molar-refractivity contribution in [2.45, 2.75) is 19.9 Å². The Morgan fingerprint density at radius 1 is 1.15 bits per heavy atom. The summed E-state index contributed by atoms with van der Waals surface area (Å²) in [4.78, 5) is 0. The molecule has 0 radical (unpaired) electrons. The van der Waals surface area contributed by atoms with Crippen molar-refractivity contribution in [3.63, 3.8) is 0 Å². The van der Waals surface area contributed by atoms with E-state index in [9.17, 15) is 0 Å². The quantitative estimate of drug-likeness (QED) is 0.528. The Hall–Kier alpha value is -0.780. The Bertz CT molecular complexity index is 557. The van der Waals surface area contributed by atoms with Gasteiger partial charge in [0, 0.05) is 15.7 Å². The molecule has 106 valence electrons. The summed E-state index contributed by atoms with van der Waals surface area (Å²) in [6, 6.07) is 13.8. The van der Waals surface area contributed by atoms with Gasteiger partial charge in [0.2, 0.25) is 0 Å². The predicted molar refractivity (Wildman–Crippen MR) is 92.7 cm³/mol. The van der Waals surface area contributed by atoms with Crippen molar-refractivity contribution < 1.29 is 4.74 Å². The molecular weight excluding hydrogens is 385 g/mol. The fraction of sp³-hybridized carbons (Fsp3) is 0.250. The predicted octanol–water partition coefficient (Wildman–Crippen LogP) is 5.24. The van der Waals surface area contributed by atoms with E-state index in [0.717, 1.165) is 36.6 Å². The zero-order valence-corrected chi connectivity index (χ0v) is 14.2. The van der Waals surface area contributed by atoms with E-state index in [1.165, 1.54) is 3.57 Å². The van der Waals surface area contributed by atoms with E-state index in [0.29, 0.717) is 5.02 Å². The lowest BCUT2D eigenvalue weighted by molar-refractivity contribution is 0.473. The molecule has 0 aromatic heterocycles. The van der Waals surface area contributed by atoms with E-state index in [1.807, 2.05) is 42.5 Å². The Labute approximate surface area is 138 Å². The molecular formula is C16H17ClINO. The Balaban J connectivity index is 2.18. The summed E-state index contributed by atoms with van der Waals surface area (Å²) in [5.41, 5.74) is 1.07. The minimum absolute atomic E-state index is 0.638. The molecule has 0 bridgehead atoms. The summed E-state index contributed by atoms with van der Waals surface area (Å²) < 4.78 is 7.13. The topological polar surface area (TPSA) is 21.3 Å². The molecule has 2 aromatic rings. The smallest absolute Gasteiger partial charge is 0.150 e. The lowest BCUT2D eigenvalue weighted by Crippen LogP contribution is -2.14. The molecule has 1 N–H and O–H groups in total. The van der Waals surface area contributed by atoms with Crippen molar-refractivity contribution in [1.29, 1.82) is 0 Å². The maximum atomic E-state index is 6.27. The van der Waals surface area contributed by atoms with E-state index < -0.39 is 0 Å². The van der Waals surface area contributed by atoms with Gasteiger partial charge in [-0.1, -0.05) is 30.7 Å². The van der Waals surface area contributed by atoms with Gasteiger partial charge in [0.05, 0.1) is 5.02 Å². The summed E-state index contributed by atoms with van der Waals surface area (Å²) >= 11 is 8.54. The first-order valence-corrected chi connectivity index (χ1v) is 8.08. The van der Waals surface area contributed by atoms with Crippen LogP contribution in [0, 0.1) is 3.57 Å². The van der Waals surface area contributed by atoms with E-state index in [4.69, 9.17) is 16.3 Å². The number of halogens is 2. The highest BCUT2D eigenvalue weighted by atomic mass is 127. The molecule has 2 rings (SSSR count). The number of para-hydroxylation sites is 1. The van der Waals surface area contributed by atoms with Crippen LogP contribution in [0.2, 0.25) is 5.02 Å². The number of hydrogen-bond acceptors (Lipinski definition) is 2. The Kier molecular flexibility index (Phi) is 6.13. The fourth-order valence-corrected chi connectivity index (χ4v) is 2.42. The van der Waals surface area contributed by atoms with Gasteiger partial charge < -0.3 is 10.1 Å². The maximum absolute atomic E-state index is 6.27. The van der Waals surface area contributed by atoms with Crippen LogP contribution in [0.1, 0.15) is 18.9 Å². The van der Waals surface area contributed by atoms with Crippen molar-refractivity contribution in [1.82, 2.24) is 5.32 Å². The van der Waals surface area contributed by atoms with Crippen LogP contribution in [-0.4, -0.2) is 6.54 Å². The highest BCUT2D eigenvalue weighted by Crippen LogP contribution is 2.33. The Morgan fingerprint density at radius 2 is 1.90 bits per heavy atom. The van der Waals surface area contributed by atoms with Gasteiger partial charge in [-0.25, -0.2) is 0 Å². The van der Waals surface area contributed by atoms with Crippen LogP contribution < -0.4 is 10.1 Å². The van der Waals surface area contributed by atoms with Crippen LogP contribution in [0.5, 0.6) is 11.5 Å². The van der Waals surface area contributed by atoms with Gasteiger partial charge in [-0.15, -0.1) is 0 Å². The third-order valence-electron chi connectivity index (χ3n) is 2.82. The van der Waals surface area contributed by atoms with Gasteiger partial charge >= 0.3 is 0 Å². The van der Waals surface area contributed by atoms with Crippen LogP contribution in [0.4, 0.5) is 0 Å². The van der Waals surface area contributed by atoms with Gasteiger partial charge in [0.25, 0.3) is 0 Å².